The van der Waals surface area contributed by atoms with Gasteiger partial charge in [0.15, 0.2) is 0 Å². The molecule has 19 heavy (non-hydrogen) atoms. The Morgan fingerprint density at radius 2 is 2.11 bits per heavy atom. The third kappa shape index (κ3) is 2.27. The van der Waals surface area contributed by atoms with Crippen molar-refractivity contribution in [1.82, 2.24) is 14.5 Å². The Morgan fingerprint density at radius 3 is 2.89 bits per heavy atom. The van der Waals surface area contributed by atoms with Crippen molar-refractivity contribution < 1.29 is 4.39 Å². The standard InChI is InChI=1S/C14H13FN4/c15-5-7-17-12-1-2-14(18-9-12)19-8-4-11-3-6-16-10-13(11)19/h1-4,6,8-10,17H,5,7H2. The zero-order valence-corrected chi connectivity index (χ0v) is 10.3. The number of hydrogen-bond acceptors (Lipinski definition) is 3. The normalized spacial score (nSPS) is 10.8. The zero-order valence-electron chi connectivity index (χ0n) is 10.3. The minimum atomic E-state index is -0.393. The number of nitrogens with zero attached hydrogens (tertiary/aromatic N) is 3. The van der Waals surface area contributed by atoms with Crippen molar-refractivity contribution in [2.24, 2.45) is 0 Å². The number of hydrogen-bond donors (Lipinski definition) is 1. The first-order valence-corrected chi connectivity index (χ1v) is 6.06. The lowest BCUT2D eigenvalue weighted by Gasteiger charge is -2.06. The summed E-state index contributed by atoms with van der Waals surface area (Å²) in [4.78, 5) is 8.50. The second-order valence-electron chi connectivity index (χ2n) is 4.14. The average Bonchev–Trinajstić information content (AvgIpc) is 2.90. The van der Waals surface area contributed by atoms with Gasteiger partial charge in [-0.1, -0.05) is 0 Å². The van der Waals surface area contributed by atoms with Crippen LogP contribution in [0.15, 0.2) is 49.1 Å². The van der Waals surface area contributed by atoms with Crippen LogP contribution in [0, 0.1) is 0 Å². The number of alkyl halides is 1. The first kappa shape index (κ1) is 11.6. The van der Waals surface area contributed by atoms with Gasteiger partial charge in [-0.05, 0) is 24.3 Å². The molecule has 0 aromatic carbocycles. The van der Waals surface area contributed by atoms with Crippen LogP contribution in [0.1, 0.15) is 0 Å². The highest BCUT2D eigenvalue weighted by molar-refractivity contribution is 5.80. The van der Waals surface area contributed by atoms with E-state index in [1.807, 2.05) is 41.2 Å². The smallest absolute Gasteiger partial charge is 0.137 e. The highest BCUT2D eigenvalue weighted by Crippen LogP contribution is 2.18. The van der Waals surface area contributed by atoms with Gasteiger partial charge in [-0.2, -0.15) is 0 Å². The molecule has 0 radical (unpaired) electrons. The fourth-order valence-electron chi connectivity index (χ4n) is 2.00. The number of halogens is 1. The fourth-order valence-corrected chi connectivity index (χ4v) is 2.00. The van der Waals surface area contributed by atoms with Crippen molar-refractivity contribution in [2.75, 3.05) is 18.5 Å². The Kier molecular flexibility index (Phi) is 3.10. The molecule has 3 aromatic rings. The minimum absolute atomic E-state index is 0.303. The molecule has 5 heteroatoms. The molecule has 3 rings (SSSR count). The molecule has 0 aliphatic carbocycles. The average molecular weight is 256 g/mol. The van der Waals surface area contributed by atoms with E-state index in [0.717, 1.165) is 22.4 Å². The van der Waals surface area contributed by atoms with Crippen molar-refractivity contribution in [2.45, 2.75) is 0 Å². The molecule has 3 heterocycles. The Hall–Kier alpha value is -2.43. The van der Waals surface area contributed by atoms with Gasteiger partial charge in [0.1, 0.15) is 12.5 Å². The van der Waals surface area contributed by atoms with E-state index in [9.17, 15) is 4.39 Å². The van der Waals surface area contributed by atoms with Gasteiger partial charge in [-0.3, -0.25) is 9.55 Å². The molecule has 0 aliphatic rings. The summed E-state index contributed by atoms with van der Waals surface area (Å²) in [5.74, 6) is 0.814. The third-order valence-corrected chi connectivity index (χ3v) is 2.91. The maximum absolute atomic E-state index is 12.1. The van der Waals surface area contributed by atoms with Crippen LogP contribution in [0.25, 0.3) is 16.7 Å². The number of fused-ring (bicyclic) bond motifs is 1. The lowest BCUT2D eigenvalue weighted by atomic mass is 10.3. The highest BCUT2D eigenvalue weighted by Gasteiger charge is 2.03. The van der Waals surface area contributed by atoms with E-state index in [4.69, 9.17) is 0 Å². The van der Waals surface area contributed by atoms with Crippen LogP contribution >= 0.6 is 0 Å². The predicted molar refractivity (Wildman–Crippen MR) is 73.3 cm³/mol. The molecule has 4 nitrogen and oxygen atoms in total. The van der Waals surface area contributed by atoms with Gasteiger partial charge in [0.2, 0.25) is 0 Å². The van der Waals surface area contributed by atoms with Gasteiger partial charge in [0.05, 0.1) is 23.6 Å². The first-order valence-electron chi connectivity index (χ1n) is 6.06. The molecule has 3 aromatic heterocycles. The molecule has 0 saturated carbocycles. The quantitative estimate of drug-likeness (QED) is 0.780. The molecule has 0 spiro atoms. The van der Waals surface area contributed by atoms with Crippen LogP contribution in [-0.2, 0) is 0 Å². The molecule has 0 fully saturated rings. The second-order valence-corrected chi connectivity index (χ2v) is 4.14. The lowest BCUT2D eigenvalue weighted by molar-refractivity contribution is 0.512. The van der Waals surface area contributed by atoms with Crippen LogP contribution in [0.3, 0.4) is 0 Å². The minimum Gasteiger partial charge on any atom is -0.381 e. The number of anilines is 1. The molecule has 0 bridgehead atoms. The molecule has 0 unspecified atom stereocenters. The summed E-state index contributed by atoms with van der Waals surface area (Å²) in [6.07, 6.45) is 7.24. The van der Waals surface area contributed by atoms with E-state index in [1.54, 1.807) is 12.4 Å². The summed E-state index contributed by atoms with van der Waals surface area (Å²) in [5, 5.41) is 4.07. The predicted octanol–water partition coefficient (Wildman–Crippen LogP) is 2.80. The Balaban J connectivity index is 1.93. The molecule has 96 valence electrons. The monoisotopic (exact) mass is 256 g/mol. The first-order chi connectivity index (χ1) is 9.38. The van der Waals surface area contributed by atoms with E-state index in [-0.39, 0.29) is 0 Å². The topological polar surface area (TPSA) is 42.7 Å². The Bertz CT molecular complexity index is 675. The molecule has 0 amide bonds. The number of pyridine rings is 2. The van der Waals surface area contributed by atoms with Crippen LogP contribution in [0.4, 0.5) is 10.1 Å². The SMILES string of the molecule is FCCNc1ccc(-n2ccc3ccncc32)nc1. The van der Waals surface area contributed by atoms with Gasteiger partial charge in [-0.15, -0.1) is 0 Å². The lowest BCUT2D eigenvalue weighted by Crippen LogP contribution is -2.04. The molecular weight excluding hydrogens is 243 g/mol. The van der Waals surface area contributed by atoms with Crippen LogP contribution < -0.4 is 5.32 Å². The highest BCUT2D eigenvalue weighted by atomic mass is 19.1. The maximum Gasteiger partial charge on any atom is 0.137 e. The van der Waals surface area contributed by atoms with E-state index in [1.165, 1.54) is 0 Å². The summed E-state index contributed by atoms with van der Waals surface area (Å²) in [7, 11) is 0. The van der Waals surface area contributed by atoms with Gasteiger partial charge < -0.3 is 5.32 Å². The molecule has 0 aliphatic heterocycles. The third-order valence-electron chi connectivity index (χ3n) is 2.91. The van der Waals surface area contributed by atoms with Gasteiger partial charge >= 0.3 is 0 Å². The second kappa shape index (κ2) is 5.06. The van der Waals surface area contributed by atoms with Crippen LogP contribution in [-0.4, -0.2) is 27.8 Å². The summed E-state index contributed by atoms with van der Waals surface area (Å²) in [6.45, 7) is -0.0902. The van der Waals surface area contributed by atoms with Crippen LogP contribution in [0.5, 0.6) is 0 Å². The zero-order chi connectivity index (χ0) is 13.1. The Morgan fingerprint density at radius 1 is 1.16 bits per heavy atom. The molecule has 0 saturated heterocycles. The van der Waals surface area contributed by atoms with E-state index >= 15 is 0 Å². The summed E-state index contributed by atoms with van der Waals surface area (Å²) < 4.78 is 14.0. The summed E-state index contributed by atoms with van der Waals surface area (Å²) in [6, 6.07) is 7.77. The summed E-state index contributed by atoms with van der Waals surface area (Å²) in [5.41, 5.74) is 1.83. The van der Waals surface area contributed by atoms with E-state index in [0.29, 0.717) is 6.54 Å². The maximum atomic E-state index is 12.1. The van der Waals surface area contributed by atoms with E-state index < -0.39 is 6.67 Å². The van der Waals surface area contributed by atoms with Crippen molar-refractivity contribution >= 4 is 16.6 Å². The number of aromatic nitrogens is 3. The van der Waals surface area contributed by atoms with Crippen molar-refractivity contribution in [1.29, 1.82) is 0 Å². The summed E-state index contributed by atoms with van der Waals surface area (Å²) >= 11 is 0. The van der Waals surface area contributed by atoms with Crippen LogP contribution in [0.2, 0.25) is 0 Å². The van der Waals surface area contributed by atoms with Gasteiger partial charge in [0.25, 0.3) is 0 Å². The Labute approximate surface area is 109 Å². The molecule has 1 N–H and O–H groups in total. The van der Waals surface area contributed by atoms with Crippen molar-refractivity contribution in [3.8, 4) is 5.82 Å². The molecule has 0 atom stereocenters. The van der Waals surface area contributed by atoms with Crippen molar-refractivity contribution in [3.63, 3.8) is 0 Å². The van der Waals surface area contributed by atoms with Gasteiger partial charge in [0, 0.05) is 24.3 Å². The fraction of sp³-hybridized carbons (Fsp3) is 0.143. The van der Waals surface area contributed by atoms with Crippen molar-refractivity contribution in [3.05, 3.63) is 49.1 Å². The van der Waals surface area contributed by atoms with Gasteiger partial charge in [-0.25, -0.2) is 9.37 Å². The number of nitrogens with one attached hydrogen (secondary N) is 1. The number of rotatable bonds is 4. The van der Waals surface area contributed by atoms with E-state index in [2.05, 4.69) is 15.3 Å². The largest absolute Gasteiger partial charge is 0.381 e. The molecular formula is C14H13FN4.